The Morgan fingerprint density at radius 1 is 1.10 bits per heavy atom. The van der Waals surface area contributed by atoms with Crippen molar-refractivity contribution in [2.75, 3.05) is 0 Å². The Morgan fingerprint density at radius 2 is 1.65 bits per heavy atom. The van der Waals surface area contributed by atoms with E-state index in [-0.39, 0.29) is 17.4 Å². The first-order valence-corrected chi connectivity index (χ1v) is 7.08. The molecule has 0 saturated carbocycles. The number of amides is 1. The molecule has 0 unspecified atom stereocenters. The molecule has 1 amide bonds. The average molecular weight is 293 g/mol. The van der Waals surface area contributed by atoms with Gasteiger partial charge in [0.25, 0.3) is 5.91 Å². The highest BCUT2D eigenvalue weighted by molar-refractivity contribution is 7.80. The van der Waals surface area contributed by atoms with Crippen LogP contribution in [0.1, 0.15) is 50.5 Å². The second-order valence-corrected chi connectivity index (χ2v) is 6.44. The van der Waals surface area contributed by atoms with Crippen LogP contribution in [0, 0.1) is 0 Å². The number of carbonyl (C=O) groups excluding carboxylic acids is 1. The second kappa shape index (κ2) is 6.70. The largest absolute Gasteiger partial charge is 0.359 e. The third-order valence-electron chi connectivity index (χ3n) is 2.72. The van der Waals surface area contributed by atoms with E-state index in [1.807, 2.05) is 38.1 Å². The van der Waals surface area contributed by atoms with Gasteiger partial charge in [0.2, 0.25) is 0 Å². The van der Waals surface area contributed by atoms with Crippen molar-refractivity contribution in [3.63, 3.8) is 0 Å². The molecule has 5 heteroatoms. The van der Waals surface area contributed by atoms with Crippen LogP contribution in [0.3, 0.4) is 0 Å². The highest BCUT2D eigenvalue weighted by Gasteiger charge is 2.14. The lowest BCUT2D eigenvalue weighted by molar-refractivity contribution is 0.0943. The van der Waals surface area contributed by atoms with E-state index in [4.69, 9.17) is 12.2 Å². The van der Waals surface area contributed by atoms with Crippen molar-refractivity contribution in [2.45, 2.75) is 46.1 Å². The van der Waals surface area contributed by atoms with E-state index < -0.39 is 0 Å². The molecule has 1 rings (SSSR count). The van der Waals surface area contributed by atoms with Crippen LogP contribution >= 0.6 is 12.2 Å². The molecule has 0 aliphatic heterocycles. The first-order chi connectivity index (χ1) is 9.20. The van der Waals surface area contributed by atoms with Gasteiger partial charge in [-0.25, -0.2) is 0 Å². The fourth-order valence-corrected chi connectivity index (χ4v) is 1.89. The molecule has 0 heterocycles. The number of benzene rings is 1. The fraction of sp³-hybridized carbons (Fsp3) is 0.467. The van der Waals surface area contributed by atoms with Gasteiger partial charge in [0.1, 0.15) is 0 Å². The molecule has 0 spiro atoms. The van der Waals surface area contributed by atoms with Crippen molar-refractivity contribution in [1.82, 2.24) is 16.2 Å². The monoisotopic (exact) mass is 293 g/mol. The third kappa shape index (κ3) is 5.17. The summed E-state index contributed by atoms with van der Waals surface area (Å²) >= 11 is 5.03. The number of hydrazine groups is 1. The summed E-state index contributed by atoms with van der Waals surface area (Å²) in [7, 11) is 0. The van der Waals surface area contributed by atoms with Crippen molar-refractivity contribution in [3.05, 3.63) is 35.4 Å². The molecule has 1 aromatic carbocycles. The molecule has 0 fully saturated rings. The van der Waals surface area contributed by atoms with Crippen LogP contribution in [0.15, 0.2) is 24.3 Å². The third-order valence-corrected chi connectivity index (χ3v) is 2.94. The second-order valence-electron chi connectivity index (χ2n) is 6.03. The highest BCUT2D eigenvalue weighted by atomic mass is 32.1. The Kier molecular flexibility index (Phi) is 5.51. The smallest absolute Gasteiger partial charge is 0.269 e. The van der Waals surface area contributed by atoms with Crippen LogP contribution in [0.25, 0.3) is 0 Å². The predicted octanol–water partition coefficient (Wildman–Crippen LogP) is 2.50. The lowest BCUT2D eigenvalue weighted by Gasteiger charge is -2.19. The Balaban J connectivity index is 2.58. The zero-order valence-corrected chi connectivity index (χ0v) is 13.5. The van der Waals surface area contributed by atoms with Gasteiger partial charge in [-0.2, -0.15) is 0 Å². The minimum Gasteiger partial charge on any atom is -0.359 e. The topological polar surface area (TPSA) is 53.2 Å². The molecule has 4 nitrogen and oxygen atoms in total. The van der Waals surface area contributed by atoms with Crippen molar-refractivity contribution in [2.24, 2.45) is 0 Å². The summed E-state index contributed by atoms with van der Waals surface area (Å²) in [6, 6.07) is 7.80. The molecule has 0 aromatic heterocycles. The Bertz CT molecular complexity index is 475. The van der Waals surface area contributed by atoms with E-state index in [2.05, 4.69) is 36.9 Å². The average Bonchev–Trinajstić information content (AvgIpc) is 2.34. The van der Waals surface area contributed by atoms with Crippen molar-refractivity contribution in [3.8, 4) is 0 Å². The Labute approximate surface area is 126 Å². The Morgan fingerprint density at radius 3 is 2.10 bits per heavy atom. The lowest BCUT2D eigenvalue weighted by Crippen LogP contribution is -2.48. The molecular formula is C15H23N3OS. The standard InChI is InChI=1S/C15H23N3OS/c1-10(2)16-14(20)18-17-13(19)11-6-8-12(9-7-11)15(3,4)5/h6-10H,1-5H3,(H,17,19)(H2,16,18,20). The number of hydrogen-bond donors (Lipinski definition) is 3. The molecule has 0 bridgehead atoms. The van der Waals surface area contributed by atoms with E-state index in [1.165, 1.54) is 5.56 Å². The van der Waals surface area contributed by atoms with E-state index in [9.17, 15) is 4.79 Å². The maximum atomic E-state index is 11.9. The number of hydrogen-bond acceptors (Lipinski definition) is 2. The first-order valence-electron chi connectivity index (χ1n) is 6.67. The summed E-state index contributed by atoms with van der Waals surface area (Å²) in [5.74, 6) is -0.210. The van der Waals surface area contributed by atoms with Crippen LogP contribution in [0.4, 0.5) is 0 Å². The van der Waals surface area contributed by atoms with Crippen molar-refractivity contribution in [1.29, 1.82) is 0 Å². The summed E-state index contributed by atoms with van der Waals surface area (Å²) < 4.78 is 0. The van der Waals surface area contributed by atoms with Crippen LogP contribution in [0.5, 0.6) is 0 Å². The summed E-state index contributed by atoms with van der Waals surface area (Å²) in [5, 5.41) is 3.39. The molecule has 110 valence electrons. The first kappa shape index (κ1) is 16.4. The normalized spacial score (nSPS) is 11.1. The van der Waals surface area contributed by atoms with Gasteiger partial charge in [-0.3, -0.25) is 15.6 Å². The summed E-state index contributed by atoms with van der Waals surface area (Å²) in [6.07, 6.45) is 0. The maximum Gasteiger partial charge on any atom is 0.269 e. The molecule has 20 heavy (non-hydrogen) atoms. The minimum atomic E-state index is -0.210. The lowest BCUT2D eigenvalue weighted by atomic mass is 9.87. The van der Waals surface area contributed by atoms with Crippen LogP contribution in [-0.2, 0) is 5.41 Å². The molecular weight excluding hydrogens is 270 g/mol. The molecule has 0 radical (unpaired) electrons. The number of thiocarbonyl (C=S) groups is 1. The zero-order chi connectivity index (χ0) is 15.3. The Hall–Kier alpha value is -1.62. The number of carbonyl (C=O) groups is 1. The predicted molar refractivity (Wildman–Crippen MR) is 86.6 cm³/mol. The van der Waals surface area contributed by atoms with Gasteiger partial charge in [0, 0.05) is 11.6 Å². The van der Waals surface area contributed by atoms with Gasteiger partial charge in [0.05, 0.1) is 0 Å². The molecule has 0 aliphatic rings. The summed E-state index contributed by atoms with van der Waals surface area (Å²) in [4.78, 5) is 11.9. The number of rotatable bonds is 2. The van der Waals surface area contributed by atoms with Crippen LogP contribution in [-0.4, -0.2) is 17.1 Å². The van der Waals surface area contributed by atoms with E-state index in [1.54, 1.807) is 0 Å². The van der Waals surface area contributed by atoms with Gasteiger partial charge in [-0.05, 0) is 49.2 Å². The van der Waals surface area contributed by atoms with E-state index in [0.717, 1.165) is 0 Å². The van der Waals surface area contributed by atoms with Crippen molar-refractivity contribution >= 4 is 23.2 Å². The van der Waals surface area contributed by atoms with Crippen LogP contribution in [0.2, 0.25) is 0 Å². The zero-order valence-electron chi connectivity index (χ0n) is 12.7. The summed E-state index contributed by atoms with van der Waals surface area (Å²) in [6.45, 7) is 10.4. The minimum absolute atomic E-state index is 0.0794. The van der Waals surface area contributed by atoms with Gasteiger partial charge in [-0.1, -0.05) is 32.9 Å². The van der Waals surface area contributed by atoms with Gasteiger partial charge in [-0.15, -0.1) is 0 Å². The molecule has 0 saturated heterocycles. The molecule has 3 N–H and O–H groups in total. The maximum absolute atomic E-state index is 11.9. The van der Waals surface area contributed by atoms with Gasteiger partial charge in [0.15, 0.2) is 5.11 Å². The quantitative estimate of drug-likeness (QED) is 0.579. The number of nitrogens with one attached hydrogen (secondary N) is 3. The van der Waals surface area contributed by atoms with E-state index >= 15 is 0 Å². The van der Waals surface area contributed by atoms with E-state index in [0.29, 0.717) is 10.7 Å². The van der Waals surface area contributed by atoms with Crippen molar-refractivity contribution < 1.29 is 4.79 Å². The van der Waals surface area contributed by atoms with Gasteiger partial charge < -0.3 is 5.32 Å². The van der Waals surface area contributed by atoms with Gasteiger partial charge >= 0.3 is 0 Å². The van der Waals surface area contributed by atoms with Crippen LogP contribution < -0.4 is 16.2 Å². The molecule has 0 atom stereocenters. The SMILES string of the molecule is CC(C)NC(=S)NNC(=O)c1ccc(C(C)(C)C)cc1. The highest BCUT2D eigenvalue weighted by Crippen LogP contribution is 2.21. The summed E-state index contributed by atoms with van der Waals surface area (Å²) in [5.41, 5.74) is 7.12. The molecule has 0 aliphatic carbocycles. The molecule has 1 aromatic rings. The fourth-order valence-electron chi connectivity index (χ4n) is 1.61.